The van der Waals surface area contributed by atoms with Crippen molar-refractivity contribution in [2.45, 2.75) is 6.92 Å². The van der Waals surface area contributed by atoms with E-state index in [1.807, 2.05) is 0 Å². The van der Waals surface area contributed by atoms with Gasteiger partial charge in [-0.05, 0) is 52.7 Å². The first-order chi connectivity index (χ1) is 9.90. The number of aryl methyl sites for hydroxylation is 1. The lowest BCUT2D eigenvalue weighted by Gasteiger charge is -2.11. The van der Waals surface area contributed by atoms with E-state index in [0.717, 1.165) is 5.56 Å². The summed E-state index contributed by atoms with van der Waals surface area (Å²) in [7, 11) is 0. The zero-order valence-corrected chi connectivity index (χ0v) is 12.8. The van der Waals surface area contributed by atoms with Gasteiger partial charge in [-0.3, -0.25) is 4.79 Å². The minimum absolute atomic E-state index is 0.109. The van der Waals surface area contributed by atoms with Crippen LogP contribution >= 0.6 is 15.9 Å². The summed E-state index contributed by atoms with van der Waals surface area (Å²) in [6.07, 6.45) is 0. The predicted octanol–water partition coefficient (Wildman–Crippen LogP) is 3.29. The van der Waals surface area contributed by atoms with Crippen LogP contribution in [-0.2, 0) is 0 Å². The Morgan fingerprint density at radius 3 is 2.62 bits per heavy atom. The standard InChI is InChI=1S/C15H13BrN2O3/c1-8-5-6-9(15(20)21)7-12(8)18-14(19)10-3-2-4-11(16)13(10)17/h2-7H,17H2,1H3,(H,18,19)(H,20,21). The van der Waals surface area contributed by atoms with Crippen molar-refractivity contribution in [1.82, 2.24) is 0 Å². The molecule has 0 heterocycles. The van der Waals surface area contributed by atoms with Crippen molar-refractivity contribution in [2.75, 3.05) is 11.1 Å². The second kappa shape index (κ2) is 5.97. The predicted molar refractivity (Wildman–Crippen MR) is 84.6 cm³/mol. The Morgan fingerprint density at radius 1 is 1.24 bits per heavy atom. The minimum atomic E-state index is -1.05. The molecule has 0 radical (unpaired) electrons. The number of rotatable bonds is 3. The van der Waals surface area contributed by atoms with Crippen LogP contribution in [0.2, 0.25) is 0 Å². The normalized spacial score (nSPS) is 10.2. The third kappa shape index (κ3) is 3.22. The van der Waals surface area contributed by atoms with Crippen LogP contribution in [0.25, 0.3) is 0 Å². The number of para-hydroxylation sites is 1. The fraction of sp³-hybridized carbons (Fsp3) is 0.0667. The van der Waals surface area contributed by atoms with E-state index in [1.165, 1.54) is 12.1 Å². The molecule has 6 heteroatoms. The van der Waals surface area contributed by atoms with E-state index in [9.17, 15) is 9.59 Å². The fourth-order valence-electron chi connectivity index (χ4n) is 1.81. The first kappa shape index (κ1) is 15.1. The molecule has 2 rings (SSSR count). The molecule has 0 aliphatic heterocycles. The molecule has 21 heavy (non-hydrogen) atoms. The topological polar surface area (TPSA) is 92.4 Å². The van der Waals surface area contributed by atoms with Gasteiger partial charge in [-0.25, -0.2) is 4.79 Å². The molecule has 4 N–H and O–H groups in total. The van der Waals surface area contributed by atoms with Gasteiger partial charge in [-0.1, -0.05) is 12.1 Å². The first-order valence-corrected chi connectivity index (χ1v) is 6.88. The molecular formula is C15H13BrN2O3. The number of aromatic carboxylic acids is 1. The number of carboxylic acid groups (broad SMARTS) is 1. The van der Waals surface area contributed by atoms with Gasteiger partial charge in [0.05, 0.1) is 16.8 Å². The van der Waals surface area contributed by atoms with Crippen LogP contribution in [0.4, 0.5) is 11.4 Å². The highest BCUT2D eigenvalue weighted by Gasteiger charge is 2.14. The van der Waals surface area contributed by atoms with E-state index in [2.05, 4.69) is 21.2 Å². The van der Waals surface area contributed by atoms with Crippen molar-refractivity contribution in [1.29, 1.82) is 0 Å². The fourth-order valence-corrected chi connectivity index (χ4v) is 2.18. The Labute approximate surface area is 129 Å². The van der Waals surface area contributed by atoms with Crippen molar-refractivity contribution in [3.63, 3.8) is 0 Å². The summed E-state index contributed by atoms with van der Waals surface area (Å²) >= 11 is 3.26. The molecule has 0 aromatic heterocycles. The van der Waals surface area contributed by atoms with Gasteiger partial charge < -0.3 is 16.2 Å². The Hall–Kier alpha value is -2.34. The van der Waals surface area contributed by atoms with Crippen LogP contribution in [0, 0.1) is 6.92 Å². The Balaban J connectivity index is 2.33. The molecular weight excluding hydrogens is 336 g/mol. The second-order valence-corrected chi connectivity index (χ2v) is 5.34. The van der Waals surface area contributed by atoms with Crippen LogP contribution in [0.3, 0.4) is 0 Å². The van der Waals surface area contributed by atoms with Crippen LogP contribution < -0.4 is 11.1 Å². The zero-order valence-electron chi connectivity index (χ0n) is 11.2. The van der Waals surface area contributed by atoms with E-state index in [0.29, 0.717) is 21.4 Å². The number of amides is 1. The summed E-state index contributed by atoms with van der Waals surface area (Å²) in [5, 5.41) is 11.7. The summed E-state index contributed by atoms with van der Waals surface area (Å²) < 4.78 is 0.631. The third-order valence-corrected chi connectivity index (χ3v) is 3.72. The molecule has 2 aromatic rings. The smallest absolute Gasteiger partial charge is 0.335 e. The van der Waals surface area contributed by atoms with Crippen molar-refractivity contribution in [3.05, 3.63) is 57.6 Å². The average Bonchev–Trinajstić information content (AvgIpc) is 2.43. The summed E-state index contributed by atoms with van der Waals surface area (Å²) in [6, 6.07) is 9.60. The lowest BCUT2D eigenvalue weighted by atomic mass is 10.1. The van der Waals surface area contributed by atoms with E-state index >= 15 is 0 Å². The highest BCUT2D eigenvalue weighted by atomic mass is 79.9. The van der Waals surface area contributed by atoms with Gasteiger partial charge in [0.15, 0.2) is 0 Å². The minimum Gasteiger partial charge on any atom is -0.478 e. The molecule has 0 aliphatic rings. The highest BCUT2D eigenvalue weighted by molar-refractivity contribution is 9.10. The van der Waals surface area contributed by atoms with E-state index in [-0.39, 0.29) is 11.5 Å². The SMILES string of the molecule is Cc1ccc(C(=O)O)cc1NC(=O)c1cccc(Br)c1N. The van der Waals surface area contributed by atoms with Gasteiger partial charge >= 0.3 is 5.97 Å². The van der Waals surface area contributed by atoms with Gasteiger partial charge in [-0.2, -0.15) is 0 Å². The van der Waals surface area contributed by atoms with Crippen molar-refractivity contribution >= 4 is 39.2 Å². The van der Waals surface area contributed by atoms with E-state index in [4.69, 9.17) is 10.8 Å². The first-order valence-electron chi connectivity index (χ1n) is 6.09. The van der Waals surface area contributed by atoms with Crippen LogP contribution in [0.1, 0.15) is 26.3 Å². The number of halogens is 1. The van der Waals surface area contributed by atoms with Gasteiger partial charge in [0.25, 0.3) is 5.91 Å². The van der Waals surface area contributed by atoms with E-state index in [1.54, 1.807) is 31.2 Å². The maximum Gasteiger partial charge on any atom is 0.335 e. The lowest BCUT2D eigenvalue weighted by Crippen LogP contribution is -2.15. The Morgan fingerprint density at radius 2 is 1.95 bits per heavy atom. The molecule has 0 saturated carbocycles. The number of nitrogens with one attached hydrogen (secondary N) is 1. The largest absolute Gasteiger partial charge is 0.478 e. The number of carboxylic acids is 1. The molecule has 0 atom stereocenters. The monoisotopic (exact) mass is 348 g/mol. The number of hydrogen-bond donors (Lipinski definition) is 3. The molecule has 108 valence electrons. The third-order valence-electron chi connectivity index (χ3n) is 3.03. The number of nitrogen functional groups attached to an aromatic ring is 1. The Bertz CT molecular complexity index is 729. The molecule has 0 saturated heterocycles. The molecule has 0 spiro atoms. The van der Waals surface area contributed by atoms with Crippen LogP contribution in [-0.4, -0.2) is 17.0 Å². The van der Waals surface area contributed by atoms with Crippen molar-refractivity contribution in [3.8, 4) is 0 Å². The zero-order chi connectivity index (χ0) is 15.6. The van der Waals surface area contributed by atoms with Gasteiger partial charge in [-0.15, -0.1) is 0 Å². The maximum atomic E-state index is 12.3. The molecule has 0 fully saturated rings. The number of benzene rings is 2. The van der Waals surface area contributed by atoms with Crippen molar-refractivity contribution < 1.29 is 14.7 Å². The summed E-state index contributed by atoms with van der Waals surface area (Å²) in [5.41, 5.74) is 7.83. The van der Waals surface area contributed by atoms with Crippen LogP contribution in [0.15, 0.2) is 40.9 Å². The quantitative estimate of drug-likeness (QED) is 0.742. The maximum absolute atomic E-state index is 12.3. The van der Waals surface area contributed by atoms with Crippen LogP contribution in [0.5, 0.6) is 0 Å². The summed E-state index contributed by atoms with van der Waals surface area (Å²) in [6.45, 7) is 1.78. The number of carbonyl (C=O) groups is 2. The van der Waals surface area contributed by atoms with Gasteiger partial charge in [0.1, 0.15) is 0 Å². The molecule has 0 aliphatic carbocycles. The number of hydrogen-bond acceptors (Lipinski definition) is 3. The molecule has 0 bridgehead atoms. The van der Waals surface area contributed by atoms with E-state index < -0.39 is 5.97 Å². The molecule has 5 nitrogen and oxygen atoms in total. The Kier molecular flexibility index (Phi) is 4.28. The van der Waals surface area contributed by atoms with Crippen molar-refractivity contribution in [2.24, 2.45) is 0 Å². The summed E-state index contributed by atoms with van der Waals surface area (Å²) in [5.74, 6) is -1.44. The highest BCUT2D eigenvalue weighted by Crippen LogP contribution is 2.25. The average molecular weight is 349 g/mol. The molecule has 1 amide bonds. The molecule has 2 aromatic carbocycles. The van der Waals surface area contributed by atoms with Gasteiger partial charge in [0, 0.05) is 10.2 Å². The number of nitrogens with two attached hydrogens (primary N) is 1. The molecule has 0 unspecified atom stereocenters. The second-order valence-electron chi connectivity index (χ2n) is 4.49. The lowest BCUT2D eigenvalue weighted by molar-refractivity contribution is 0.0696. The van der Waals surface area contributed by atoms with Gasteiger partial charge in [0.2, 0.25) is 0 Å². The number of anilines is 2. The summed E-state index contributed by atoms with van der Waals surface area (Å²) in [4.78, 5) is 23.2. The number of carbonyl (C=O) groups excluding carboxylic acids is 1.